The average Bonchev–Trinajstić information content (AvgIpc) is 4.19. The summed E-state index contributed by atoms with van der Waals surface area (Å²) in [5, 5.41) is 27.3. The van der Waals surface area contributed by atoms with Crippen LogP contribution in [0.1, 0.15) is 34.2 Å². The summed E-state index contributed by atoms with van der Waals surface area (Å²) in [7, 11) is 0. The van der Waals surface area contributed by atoms with Crippen LogP contribution in [0.15, 0.2) is 75.1 Å². The average molecular weight is 955 g/mol. The molecule has 7 amide bonds. The highest BCUT2D eigenvalue weighted by Crippen LogP contribution is 2.09. The Bertz CT molecular complexity index is 2560. The fourth-order valence-electron chi connectivity index (χ4n) is 6.85. The lowest BCUT2D eigenvalue weighted by Gasteiger charge is -2.27. The van der Waals surface area contributed by atoms with Crippen molar-refractivity contribution < 1.29 is 43.5 Å². The number of amides is 7. The Morgan fingerprint density at radius 1 is 0.406 bits per heavy atom. The normalized spacial score (nSPS) is 13.6. The highest BCUT2D eigenvalue weighted by atomic mass is 16.4. The number of carbonyl (C=O) groups excluding carboxylic acids is 7. The lowest BCUT2D eigenvalue weighted by atomic mass is 10.0. The zero-order valence-electron chi connectivity index (χ0n) is 36.5. The summed E-state index contributed by atoms with van der Waals surface area (Å²) in [4.78, 5) is 149. The molecule has 69 heavy (non-hydrogen) atoms. The van der Waals surface area contributed by atoms with Gasteiger partial charge in [0.2, 0.25) is 41.4 Å². The van der Waals surface area contributed by atoms with Gasteiger partial charge >= 0.3 is 5.97 Å². The minimum absolute atomic E-state index is 0.0428. The van der Waals surface area contributed by atoms with Crippen molar-refractivity contribution in [3.63, 3.8) is 0 Å². The number of H-pyrrole nitrogens is 6. The van der Waals surface area contributed by atoms with E-state index in [4.69, 9.17) is 5.73 Å². The van der Waals surface area contributed by atoms with Crippen LogP contribution in [0.3, 0.4) is 0 Å². The first-order valence-electron chi connectivity index (χ1n) is 21.2. The summed E-state index contributed by atoms with van der Waals surface area (Å²) >= 11 is 0. The Morgan fingerprint density at radius 3 is 0.841 bits per heavy atom. The zero-order chi connectivity index (χ0) is 49.1. The molecule has 0 saturated carbocycles. The predicted octanol–water partition coefficient (Wildman–Crippen LogP) is -5.15. The first kappa shape index (κ1) is 49.4. The summed E-state index contributed by atoms with van der Waals surface area (Å²) in [6.07, 6.45) is 15.9. The monoisotopic (exact) mass is 954 g/mol. The molecular formula is C40H50N20O9. The van der Waals surface area contributed by atoms with E-state index in [0.29, 0.717) is 34.2 Å². The molecule has 16 N–H and O–H groups in total. The number of nitrogens with zero attached hydrogens (tertiary/aromatic N) is 6. The van der Waals surface area contributed by atoms with Crippen LogP contribution < -0.4 is 43.0 Å². The number of nitrogens with two attached hydrogens (primary N) is 1. The molecule has 6 heterocycles. The summed E-state index contributed by atoms with van der Waals surface area (Å²) in [6, 6.07) is -8.23. The molecule has 0 spiro atoms. The zero-order valence-corrected chi connectivity index (χ0v) is 36.5. The third-order valence-corrected chi connectivity index (χ3v) is 10.3. The van der Waals surface area contributed by atoms with Gasteiger partial charge in [-0.3, -0.25) is 38.4 Å². The summed E-state index contributed by atoms with van der Waals surface area (Å²) in [5.74, 6) is -7.01. The lowest BCUT2D eigenvalue weighted by Crippen LogP contribution is -2.61. The van der Waals surface area contributed by atoms with E-state index >= 15 is 0 Å². The van der Waals surface area contributed by atoms with Gasteiger partial charge in [0.25, 0.3) is 0 Å². The number of rotatable bonds is 27. The van der Waals surface area contributed by atoms with Gasteiger partial charge in [-0.25, -0.2) is 29.9 Å². The predicted molar refractivity (Wildman–Crippen MR) is 235 cm³/mol. The maximum absolute atomic E-state index is 14.5. The number of aromatic nitrogens is 12. The fraction of sp³-hybridized carbons (Fsp3) is 0.350. The van der Waals surface area contributed by atoms with E-state index in [-0.39, 0.29) is 38.5 Å². The van der Waals surface area contributed by atoms with Crippen molar-refractivity contribution in [2.24, 2.45) is 5.73 Å². The van der Waals surface area contributed by atoms with Crippen LogP contribution in [0.5, 0.6) is 0 Å². The van der Waals surface area contributed by atoms with Crippen molar-refractivity contribution >= 4 is 47.3 Å². The molecule has 6 aromatic rings. The number of carbonyl (C=O) groups is 8. The van der Waals surface area contributed by atoms with Gasteiger partial charge in [-0.2, -0.15) is 0 Å². The van der Waals surface area contributed by atoms with Crippen LogP contribution in [0.4, 0.5) is 0 Å². The molecule has 0 fully saturated rings. The van der Waals surface area contributed by atoms with Gasteiger partial charge < -0.3 is 78.0 Å². The number of nitrogens with one attached hydrogen (secondary N) is 13. The van der Waals surface area contributed by atoms with Gasteiger partial charge in [0.05, 0.1) is 44.5 Å². The van der Waals surface area contributed by atoms with E-state index in [9.17, 15) is 43.5 Å². The molecule has 0 saturated heterocycles. The number of hydrogen-bond acceptors (Lipinski definition) is 15. The molecule has 0 unspecified atom stereocenters. The van der Waals surface area contributed by atoms with Crippen LogP contribution >= 0.6 is 0 Å². The number of aliphatic carboxylic acids is 1. The van der Waals surface area contributed by atoms with Crippen molar-refractivity contribution in [2.75, 3.05) is 13.1 Å². The van der Waals surface area contributed by atoms with Crippen LogP contribution in [-0.2, 0) is 76.9 Å². The third-order valence-electron chi connectivity index (χ3n) is 10.3. The van der Waals surface area contributed by atoms with Crippen molar-refractivity contribution in [3.05, 3.63) is 109 Å². The van der Waals surface area contributed by atoms with Crippen molar-refractivity contribution in [1.29, 1.82) is 0 Å². The second kappa shape index (κ2) is 24.5. The molecule has 0 radical (unpaired) electrons. The molecule has 29 nitrogen and oxygen atoms in total. The summed E-state index contributed by atoms with van der Waals surface area (Å²) in [5.41, 5.74) is 8.07. The summed E-state index contributed by atoms with van der Waals surface area (Å²) < 4.78 is 0. The highest BCUT2D eigenvalue weighted by molar-refractivity contribution is 5.97. The van der Waals surface area contributed by atoms with Gasteiger partial charge in [0, 0.05) is 110 Å². The second-order valence-corrected chi connectivity index (χ2v) is 15.4. The van der Waals surface area contributed by atoms with Crippen LogP contribution in [0.2, 0.25) is 0 Å². The van der Waals surface area contributed by atoms with E-state index in [1.54, 1.807) is 0 Å². The molecule has 0 aliphatic rings. The Kier molecular flexibility index (Phi) is 17.5. The van der Waals surface area contributed by atoms with Gasteiger partial charge in [-0.05, 0) is 0 Å². The number of aromatic amines is 6. The van der Waals surface area contributed by atoms with E-state index in [1.807, 2.05) is 0 Å². The van der Waals surface area contributed by atoms with Gasteiger partial charge in [-0.1, -0.05) is 0 Å². The molecule has 364 valence electrons. The van der Waals surface area contributed by atoms with Gasteiger partial charge in [0.15, 0.2) is 0 Å². The van der Waals surface area contributed by atoms with Gasteiger partial charge in [-0.15, -0.1) is 0 Å². The standard InChI is InChI=1S/C40H50N20O9/c41-7-33(61)55-28(2-22-9-43-16-50-22)36(65)57-30(4-24-11-45-18-52-24)38(67)59-32(6-26-13-47-20-54-26)40(69)60-31(5-25-12-46-19-53-25)39(68)58-29(3-23-10-44-17-51-23)37(66)56-27(1-21-8-42-15-49-21)35(64)48-14-34(62)63/h8-13,15-20,27-32H,1-7,14,41H2,(H,42,49)(H,43,50)(H,44,51)(H,45,52)(H,46,53)(H,47,54)(H,48,64)(H,55,61)(H,56,66)(H,57,65)(H,58,68)(H,59,67)(H,60,69)(H,62,63)/t27-,28-,29-,30-,31-,32-/m0/s1. The van der Waals surface area contributed by atoms with Gasteiger partial charge in [0.1, 0.15) is 42.8 Å². The largest absolute Gasteiger partial charge is 0.480 e. The quantitative estimate of drug-likeness (QED) is 0.0230. The molecular weight excluding hydrogens is 905 g/mol. The van der Waals surface area contributed by atoms with Crippen LogP contribution in [-0.4, -0.2) is 162 Å². The highest BCUT2D eigenvalue weighted by Gasteiger charge is 2.35. The van der Waals surface area contributed by atoms with E-state index in [0.717, 1.165) is 0 Å². The topological polar surface area (TPSA) is 439 Å². The number of hydrogen-bond donors (Lipinski definition) is 15. The van der Waals surface area contributed by atoms with E-state index < -0.39 is 96.7 Å². The molecule has 0 bridgehead atoms. The molecule has 6 atom stereocenters. The minimum atomic E-state index is -1.45. The maximum Gasteiger partial charge on any atom is 0.322 e. The first-order chi connectivity index (χ1) is 33.3. The maximum atomic E-state index is 14.5. The smallest absolute Gasteiger partial charge is 0.322 e. The Balaban J connectivity index is 1.24. The Hall–Kier alpha value is -9.02. The van der Waals surface area contributed by atoms with Crippen LogP contribution in [0.25, 0.3) is 0 Å². The second-order valence-electron chi connectivity index (χ2n) is 15.4. The van der Waals surface area contributed by atoms with Crippen molar-refractivity contribution in [3.8, 4) is 0 Å². The third kappa shape index (κ3) is 15.3. The SMILES string of the molecule is NCC(=O)N[C@@H](Cc1cnc[nH]1)C(=O)N[C@@H](Cc1cnc[nH]1)C(=O)N[C@@H](Cc1cnc[nH]1)C(=O)N[C@@H](Cc1cnc[nH]1)C(=O)N[C@@H](Cc1cnc[nH]1)C(=O)N[C@@H](Cc1cnc[nH]1)C(=O)NCC(=O)O. The lowest BCUT2D eigenvalue weighted by molar-refractivity contribution is -0.138. The number of imidazole rings is 6. The Morgan fingerprint density at radius 2 is 0.638 bits per heavy atom. The molecule has 0 aliphatic carbocycles. The first-order valence-corrected chi connectivity index (χ1v) is 21.2. The molecule has 0 aliphatic heterocycles. The number of carboxylic acid groups (broad SMARTS) is 1. The Labute approximate surface area is 390 Å². The minimum Gasteiger partial charge on any atom is -0.480 e. The molecule has 6 aromatic heterocycles. The van der Waals surface area contributed by atoms with Crippen molar-refractivity contribution in [2.45, 2.75) is 74.8 Å². The number of carboxylic acids is 1. The van der Waals surface area contributed by atoms with Crippen molar-refractivity contribution in [1.82, 2.24) is 97.0 Å². The molecule has 0 aromatic carbocycles. The molecule has 6 rings (SSSR count). The summed E-state index contributed by atoms with van der Waals surface area (Å²) in [6.45, 7) is -1.16. The molecule has 29 heteroatoms. The van der Waals surface area contributed by atoms with E-state index in [1.165, 1.54) is 75.1 Å². The fourth-order valence-corrected chi connectivity index (χ4v) is 6.85. The van der Waals surface area contributed by atoms with E-state index in [2.05, 4.69) is 97.0 Å². The van der Waals surface area contributed by atoms with Crippen LogP contribution in [0, 0.1) is 0 Å².